The topological polar surface area (TPSA) is 0 Å². The Kier molecular flexibility index (Phi) is 9.48. The smallest absolute Gasteiger partial charge is 1.00 e. The van der Waals surface area contributed by atoms with Gasteiger partial charge in [0.2, 0.25) is 0 Å². The summed E-state index contributed by atoms with van der Waals surface area (Å²) >= 11 is 1.68. The molecule has 4 rings (SSSR count). The van der Waals surface area contributed by atoms with Gasteiger partial charge in [-0.05, 0) is 10.3 Å². The van der Waals surface area contributed by atoms with E-state index >= 15 is 0 Å². The molecule has 0 spiro atoms. The second kappa shape index (κ2) is 10.3. The van der Waals surface area contributed by atoms with E-state index < -0.39 is 0 Å². The summed E-state index contributed by atoms with van der Waals surface area (Å²) in [6, 6.07) is 8.87. The number of hydrogen-bond acceptors (Lipinski definition) is 1. The van der Waals surface area contributed by atoms with E-state index in [0.717, 1.165) is 3.63 Å². The molecule has 3 aliphatic rings. The number of allylic oxidation sites excluding steroid dienone is 6. The minimum atomic E-state index is -0.150. The van der Waals surface area contributed by atoms with Crippen LogP contribution in [0.25, 0.3) is 6.08 Å². The fourth-order valence-electron chi connectivity index (χ4n) is 2.64. The molecular weight excluding hydrogens is 438 g/mol. The van der Waals surface area contributed by atoms with Gasteiger partial charge in [0, 0.05) is 5.92 Å². The van der Waals surface area contributed by atoms with E-state index in [9.17, 15) is 0 Å². The minimum absolute atomic E-state index is 0. The molecule has 0 amide bonds. The summed E-state index contributed by atoms with van der Waals surface area (Å²) in [6.45, 7) is 4.93. The minimum Gasteiger partial charge on any atom is -1.00 e. The Bertz CT molecular complexity index is 638. The van der Waals surface area contributed by atoms with Crippen LogP contribution in [0.3, 0.4) is 0 Å². The number of fused-ring (bicyclic) bond motifs is 2. The molecule has 0 saturated carbocycles. The number of benzene rings is 1. The van der Waals surface area contributed by atoms with Crippen molar-refractivity contribution >= 4 is 23.8 Å². The summed E-state index contributed by atoms with van der Waals surface area (Å²) in [5.41, 5.74) is 3.08. The molecule has 2 atom stereocenters. The Labute approximate surface area is 168 Å². The van der Waals surface area contributed by atoms with Crippen LogP contribution >= 0.6 is 11.8 Å². The second-order valence-corrected chi connectivity index (χ2v) is 19.8. The Morgan fingerprint density at radius 3 is 2.57 bits per heavy atom. The molecule has 0 nitrogen and oxygen atoms in total. The molecule has 1 aromatic rings. The van der Waals surface area contributed by atoms with Gasteiger partial charge in [-0.2, -0.15) is 0 Å². The summed E-state index contributed by atoms with van der Waals surface area (Å²) < 4.78 is 0.878. The Hall–Kier alpha value is 0.210. The first-order chi connectivity index (χ1) is 10.2. The molecule has 1 aromatic carbocycles. The van der Waals surface area contributed by atoms with Crippen molar-refractivity contribution in [1.82, 2.24) is 0 Å². The molecule has 0 aromatic heterocycles. The Morgan fingerprint density at radius 2 is 1.83 bits per heavy atom. The van der Waals surface area contributed by atoms with E-state index in [4.69, 9.17) is 0 Å². The summed E-state index contributed by atoms with van der Waals surface area (Å²) in [5, 5.41) is 2.15. The van der Waals surface area contributed by atoms with E-state index in [0.29, 0.717) is 5.92 Å². The zero-order chi connectivity index (χ0) is 14.7. The van der Waals surface area contributed by atoms with Crippen LogP contribution in [0.15, 0.2) is 65.0 Å². The third-order valence-electron chi connectivity index (χ3n) is 3.64. The molecule has 1 heterocycles. The average Bonchev–Trinajstić information content (AvgIpc) is 3.14. The van der Waals surface area contributed by atoms with Crippen molar-refractivity contribution in [3.05, 3.63) is 76.1 Å². The second-order valence-electron chi connectivity index (χ2n) is 5.54. The zero-order valence-electron chi connectivity index (χ0n) is 13.2. The summed E-state index contributed by atoms with van der Waals surface area (Å²) in [5.74, 6) is 0.698. The van der Waals surface area contributed by atoms with Crippen LogP contribution in [-0.2, 0) is 22.4 Å². The molecular formula is C18H19Cl2SSiZr. The van der Waals surface area contributed by atoms with Gasteiger partial charge in [-0.15, -0.1) is 11.8 Å². The van der Waals surface area contributed by atoms with Crippen molar-refractivity contribution < 1.29 is 47.2 Å². The fourth-order valence-corrected chi connectivity index (χ4v) is 11.7. The van der Waals surface area contributed by atoms with Crippen LogP contribution in [0.4, 0.5) is 0 Å². The Balaban J connectivity index is 0.000000230. The molecule has 1 radical (unpaired) electrons. The van der Waals surface area contributed by atoms with Crippen LogP contribution in [0, 0.1) is 5.92 Å². The van der Waals surface area contributed by atoms with E-state index in [1.54, 1.807) is 5.56 Å². The van der Waals surface area contributed by atoms with Gasteiger partial charge in [0.1, 0.15) is 0 Å². The molecule has 119 valence electrons. The molecule has 5 heteroatoms. The average molecular weight is 458 g/mol. The molecule has 0 bridgehead atoms. The van der Waals surface area contributed by atoms with Crippen LogP contribution in [0.5, 0.6) is 0 Å². The summed E-state index contributed by atoms with van der Waals surface area (Å²) in [7, 11) is 0. The van der Waals surface area contributed by atoms with Crippen molar-refractivity contribution in [1.29, 1.82) is 0 Å². The van der Waals surface area contributed by atoms with Crippen LogP contribution in [0.2, 0.25) is 13.1 Å². The maximum atomic E-state index is 2.46. The number of hydrogen-bond donors (Lipinski definition) is 0. The van der Waals surface area contributed by atoms with Crippen LogP contribution < -0.4 is 24.8 Å². The third-order valence-corrected chi connectivity index (χ3v) is 13.3. The largest absolute Gasteiger partial charge is 1.00 e. The van der Waals surface area contributed by atoms with E-state index in [1.165, 1.54) is 10.5 Å². The molecule has 23 heavy (non-hydrogen) atoms. The normalized spacial score (nSPS) is 21.4. The van der Waals surface area contributed by atoms with Crippen molar-refractivity contribution in [3.63, 3.8) is 0 Å². The maximum absolute atomic E-state index is 2.46. The van der Waals surface area contributed by atoms with E-state index in [-0.39, 0.29) is 53.1 Å². The quantitative estimate of drug-likeness (QED) is 0.536. The van der Waals surface area contributed by atoms with Gasteiger partial charge >= 0.3 is 92.6 Å². The van der Waals surface area contributed by atoms with Crippen molar-refractivity contribution in [2.75, 3.05) is 0 Å². The van der Waals surface area contributed by atoms with Crippen molar-refractivity contribution in [3.8, 4) is 0 Å². The first-order valence-electron chi connectivity index (χ1n) is 7.29. The fraction of sp³-hybridized carbons (Fsp3) is 0.222. The van der Waals surface area contributed by atoms with Gasteiger partial charge in [0.05, 0.1) is 0 Å². The van der Waals surface area contributed by atoms with Gasteiger partial charge in [-0.3, -0.25) is 0 Å². The van der Waals surface area contributed by atoms with Gasteiger partial charge in [-0.1, -0.05) is 24.3 Å². The Morgan fingerprint density at radius 1 is 1.04 bits per heavy atom. The molecule has 2 aliphatic carbocycles. The third kappa shape index (κ3) is 5.61. The van der Waals surface area contributed by atoms with E-state index in [2.05, 4.69) is 79.2 Å². The van der Waals surface area contributed by atoms with Crippen LogP contribution in [-0.4, -0.2) is 5.92 Å². The van der Waals surface area contributed by atoms with Crippen molar-refractivity contribution in [2.45, 2.75) is 16.7 Å². The van der Waals surface area contributed by atoms with Crippen molar-refractivity contribution in [2.24, 2.45) is 5.92 Å². The molecule has 2 unspecified atom stereocenters. The molecule has 0 saturated heterocycles. The first-order valence-corrected chi connectivity index (χ1v) is 15.8. The first kappa shape index (κ1) is 21.3. The number of halogens is 2. The van der Waals surface area contributed by atoms with Gasteiger partial charge < -0.3 is 24.8 Å². The molecule has 0 fully saturated rings. The number of rotatable bonds is 2. The zero-order valence-corrected chi connectivity index (χ0v) is 19.0. The monoisotopic (exact) mass is 455 g/mol. The van der Waals surface area contributed by atoms with Gasteiger partial charge in [0.25, 0.3) is 0 Å². The maximum Gasteiger partial charge on any atom is -1.00 e. The number of thioether (sulfide) groups is 1. The SMILES string of the molecule is C1=CC2C=CSC2=C1.C[Si](C)[Zr+2][CH]1C=Cc2ccccc21.[Cl-].[Cl-]. The summed E-state index contributed by atoms with van der Waals surface area (Å²) in [6.07, 6.45) is 13.5. The van der Waals surface area contributed by atoms with Gasteiger partial charge in [-0.25, -0.2) is 0 Å². The molecule has 0 N–H and O–H groups in total. The van der Waals surface area contributed by atoms with Gasteiger partial charge in [0.15, 0.2) is 0 Å². The molecule has 1 aliphatic heterocycles. The summed E-state index contributed by atoms with van der Waals surface area (Å²) in [4.78, 5) is 1.48. The standard InChI is InChI=1S/C9H7.C7H6S.C2H6Si.2ClH.Zr/c1-2-5-9-7-3-6-8(9)4-1;1-2-6-4-5-8-7(6)3-1;1-3-2;;;/h1-7H;1-6H;1-2H3;2*1H;/q;;;;;+2/p-2. The van der Waals surface area contributed by atoms with Crippen LogP contribution in [0.1, 0.15) is 14.8 Å². The van der Waals surface area contributed by atoms with E-state index in [1.807, 2.05) is 11.8 Å². The predicted molar refractivity (Wildman–Crippen MR) is 93.1 cm³/mol. The predicted octanol–water partition coefficient (Wildman–Crippen LogP) is -0.587.